The number of aliphatic hydroxyl groups is 3. The fourth-order valence-electron chi connectivity index (χ4n) is 8.26. The van der Waals surface area contributed by atoms with E-state index in [1.165, 1.54) is 25.1 Å². The zero-order valence-electron chi connectivity index (χ0n) is 41.5. The van der Waals surface area contributed by atoms with Crippen LogP contribution in [0.5, 0.6) is 11.5 Å². The molecule has 0 saturated carbocycles. The van der Waals surface area contributed by atoms with Crippen molar-refractivity contribution >= 4 is 64.2 Å². The molecule has 2 saturated heterocycles. The molecule has 2 unspecified atom stereocenters. The van der Waals surface area contributed by atoms with Gasteiger partial charge in [0.2, 0.25) is 30.0 Å². The van der Waals surface area contributed by atoms with Crippen LogP contribution >= 0.6 is 0 Å². The number of methoxy groups -OCH3 is 1. The van der Waals surface area contributed by atoms with Crippen molar-refractivity contribution in [1.82, 2.24) is 35.0 Å². The van der Waals surface area contributed by atoms with Gasteiger partial charge in [0.1, 0.15) is 41.9 Å². The Labute approximate surface area is 426 Å². The minimum Gasteiger partial charge on any atom is -0.496 e. The molecule has 2 fully saturated rings. The Kier molecular flexibility index (Phi) is 20.1. The molecule has 25 nitrogen and oxygen atoms in total. The minimum absolute atomic E-state index is 0.0345. The summed E-state index contributed by atoms with van der Waals surface area (Å²) in [4.78, 5) is 86.2. The number of nitrogens with two attached hydrogens (primary N) is 1. The molecule has 4 amide bonds. The highest BCUT2D eigenvalue weighted by molar-refractivity contribution is 5.93. The van der Waals surface area contributed by atoms with Crippen LogP contribution in [-0.4, -0.2) is 169 Å². The largest absolute Gasteiger partial charge is 0.496 e. The average molecular weight is 1040 g/mol. The second kappa shape index (κ2) is 26.6. The zero-order chi connectivity index (χ0) is 53.5. The number of benzene rings is 2. The second-order valence-corrected chi connectivity index (χ2v) is 18.1. The number of hydrogen-bond acceptors (Lipinski definition) is 18. The van der Waals surface area contributed by atoms with E-state index in [4.69, 9.17) is 29.8 Å². The first kappa shape index (κ1) is 56.0. The maximum atomic E-state index is 13.3. The van der Waals surface area contributed by atoms with Crippen LogP contribution in [0.2, 0.25) is 0 Å². The Morgan fingerprint density at radius 2 is 1.54 bits per heavy atom. The third kappa shape index (κ3) is 15.4. The van der Waals surface area contributed by atoms with E-state index in [0.717, 1.165) is 53.7 Å². The van der Waals surface area contributed by atoms with Gasteiger partial charge in [0.05, 0.1) is 30.8 Å². The molecule has 2 aliphatic heterocycles. The number of anilines is 3. The van der Waals surface area contributed by atoms with Crippen LogP contribution in [0.4, 0.5) is 22.2 Å². The van der Waals surface area contributed by atoms with E-state index in [1.807, 2.05) is 24.4 Å². The van der Waals surface area contributed by atoms with Crippen molar-refractivity contribution in [2.75, 3.05) is 69.3 Å². The van der Waals surface area contributed by atoms with Gasteiger partial charge in [-0.3, -0.25) is 24.1 Å². The Hall–Kier alpha value is -7.32. The smallest absolute Gasteiger partial charge is 0.410 e. The number of unbranched alkanes of at least 4 members (excludes halogenated alkanes) is 2. The van der Waals surface area contributed by atoms with Gasteiger partial charge in [-0.25, -0.2) is 14.6 Å². The molecular formula is C49H66N10O15. The average Bonchev–Trinajstić information content (AvgIpc) is 3.77. The molecule has 0 aliphatic carbocycles. The number of carbonyl (C=O) groups is 6. The summed E-state index contributed by atoms with van der Waals surface area (Å²) < 4.78 is 24.6. The third-order valence-corrected chi connectivity index (χ3v) is 12.4. The van der Waals surface area contributed by atoms with Gasteiger partial charge in [-0.2, -0.15) is 4.98 Å². The molecule has 6 rings (SSSR count). The van der Waals surface area contributed by atoms with Gasteiger partial charge >= 0.3 is 18.0 Å². The number of aromatic nitrogens is 3. The lowest BCUT2D eigenvalue weighted by Crippen LogP contribution is -2.61. The van der Waals surface area contributed by atoms with Crippen molar-refractivity contribution in [3.8, 4) is 11.5 Å². The number of aliphatic carboxylic acids is 2. The van der Waals surface area contributed by atoms with Crippen LogP contribution in [-0.2, 0) is 53.1 Å². The molecule has 25 heteroatoms. The summed E-state index contributed by atoms with van der Waals surface area (Å²) >= 11 is 0. The molecule has 0 radical (unpaired) electrons. The molecule has 0 bridgehead atoms. The number of hydrogen-bond donors (Lipinski definition) is 10. The molecule has 0 spiro atoms. The summed E-state index contributed by atoms with van der Waals surface area (Å²) in [6, 6.07) is 12.3. The number of aliphatic hydroxyl groups excluding tert-OH is 3. The highest BCUT2D eigenvalue weighted by atomic mass is 16.7. The second-order valence-electron chi connectivity index (χ2n) is 18.1. The molecule has 2 aromatic heterocycles. The van der Waals surface area contributed by atoms with Gasteiger partial charge in [0, 0.05) is 83.4 Å². The number of carboxylic acids is 2. The summed E-state index contributed by atoms with van der Waals surface area (Å²) in [6.45, 7) is 6.85. The molecule has 4 heterocycles. The van der Waals surface area contributed by atoms with Crippen LogP contribution in [0.3, 0.4) is 0 Å². The number of nitrogens with zero attached hydrogens (tertiary/aromatic N) is 5. The van der Waals surface area contributed by atoms with Crippen LogP contribution < -0.4 is 36.5 Å². The van der Waals surface area contributed by atoms with Crippen LogP contribution in [0.15, 0.2) is 48.7 Å². The summed E-state index contributed by atoms with van der Waals surface area (Å²) in [7, 11) is 1.63. The molecular weight excluding hydrogens is 969 g/mol. The number of nitrogens with one attached hydrogen (secondary N) is 4. The van der Waals surface area contributed by atoms with Gasteiger partial charge in [-0.05, 0) is 41.8 Å². The van der Waals surface area contributed by atoms with Crippen molar-refractivity contribution < 1.29 is 73.2 Å². The molecule has 4 aromatic rings. The number of amides is 4. The van der Waals surface area contributed by atoms with Crippen LogP contribution in [0.25, 0.3) is 11.0 Å². The predicted molar refractivity (Wildman–Crippen MR) is 266 cm³/mol. The molecule has 402 valence electrons. The molecule has 74 heavy (non-hydrogen) atoms. The lowest BCUT2D eigenvalue weighted by Gasteiger charge is -2.38. The van der Waals surface area contributed by atoms with E-state index >= 15 is 0 Å². The number of rotatable bonds is 25. The monoisotopic (exact) mass is 1030 g/mol. The Morgan fingerprint density at radius 1 is 0.824 bits per heavy atom. The van der Waals surface area contributed by atoms with Gasteiger partial charge in [-0.15, -0.1) is 0 Å². The fourth-order valence-corrected chi connectivity index (χ4v) is 8.26. The number of ether oxygens (including phenoxy) is 4. The molecule has 2 aromatic carbocycles. The lowest BCUT2D eigenvalue weighted by atomic mass is 9.99. The quantitative estimate of drug-likeness (QED) is 0.0420. The minimum atomic E-state index is -1.98. The van der Waals surface area contributed by atoms with E-state index in [1.54, 1.807) is 12.0 Å². The SMILES string of the molecule is CCCCCNc1nc(N)nc2ccn(Cc3ccc(CN4CCN(C(=O)OCc5ccc(OC6O[C@@H](C(=O)O)[C@H](O)[C@@H](O)[C@@H]6O)c(NC(=O)CCNC(=O)CCNC(=O)CC(C)C(=O)O)c5)CC4)cc3OC)c12. The Balaban J connectivity index is 1.02. The number of carboxylic acid groups (broad SMARTS) is 2. The first-order valence-corrected chi connectivity index (χ1v) is 24.4. The number of piperazine rings is 1. The van der Waals surface area contributed by atoms with Gasteiger partial charge in [0.15, 0.2) is 11.9 Å². The highest BCUT2D eigenvalue weighted by Crippen LogP contribution is 2.32. The fraction of sp³-hybridized carbons (Fsp3) is 0.510. The highest BCUT2D eigenvalue weighted by Gasteiger charge is 2.48. The maximum absolute atomic E-state index is 13.3. The Bertz CT molecular complexity index is 2610. The first-order valence-electron chi connectivity index (χ1n) is 24.4. The summed E-state index contributed by atoms with van der Waals surface area (Å²) in [5, 5.41) is 60.7. The number of carbonyl (C=O) groups excluding carboxylic acids is 4. The van der Waals surface area contributed by atoms with Crippen molar-refractivity contribution in [2.24, 2.45) is 5.92 Å². The van der Waals surface area contributed by atoms with E-state index in [-0.39, 0.29) is 56.3 Å². The normalized spacial score (nSPS) is 19.3. The van der Waals surface area contributed by atoms with E-state index in [2.05, 4.69) is 53.7 Å². The number of nitrogen functional groups attached to an aromatic ring is 1. The Morgan fingerprint density at radius 3 is 2.24 bits per heavy atom. The molecule has 11 N–H and O–H groups in total. The van der Waals surface area contributed by atoms with E-state index in [0.29, 0.717) is 50.6 Å². The maximum Gasteiger partial charge on any atom is 0.410 e. The lowest BCUT2D eigenvalue weighted by molar-refractivity contribution is -0.271. The summed E-state index contributed by atoms with van der Waals surface area (Å²) in [6.07, 6.45) is -5.70. The predicted octanol–water partition coefficient (Wildman–Crippen LogP) is 1.46. The summed E-state index contributed by atoms with van der Waals surface area (Å²) in [5.74, 6) is -3.86. The van der Waals surface area contributed by atoms with Gasteiger partial charge in [0.25, 0.3) is 0 Å². The van der Waals surface area contributed by atoms with Crippen molar-refractivity contribution in [3.63, 3.8) is 0 Å². The van der Waals surface area contributed by atoms with E-state index in [9.17, 15) is 49.2 Å². The van der Waals surface area contributed by atoms with Crippen molar-refractivity contribution in [2.45, 2.75) is 103 Å². The molecule has 6 atom stereocenters. The summed E-state index contributed by atoms with van der Waals surface area (Å²) in [5.41, 5.74) is 9.97. The van der Waals surface area contributed by atoms with Crippen LogP contribution in [0, 0.1) is 5.92 Å². The topological polar surface area (TPSA) is 352 Å². The van der Waals surface area contributed by atoms with Crippen LogP contribution in [0.1, 0.15) is 69.1 Å². The first-order chi connectivity index (χ1) is 35.4. The third-order valence-electron chi connectivity index (χ3n) is 12.4. The number of fused-ring (bicyclic) bond motifs is 1. The van der Waals surface area contributed by atoms with E-state index < -0.39 is 72.4 Å². The van der Waals surface area contributed by atoms with Crippen molar-refractivity contribution in [1.29, 1.82) is 0 Å². The van der Waals surface area contributed by atoms with Crippen molar-refractivity contribution in [3.05, 3.63) is 65.4 Å². The van der Waals surface area contributed by atoms with Gasteiger partial charge < -0.3 is 80.9 Å². The molecule has 2 aliphatic rings. The zero-order valence-corrected chi connectivity index (χ0v) is 41.5. The standard InChI is InChI=1S/C49H66N10O15/c1-4-5-6-14-53-44-39-32(55-48(50)56-44)13-17-59(39)26-31-9-7-29(24-35(31)71-3)25-57-18-20-58(21-19-57)49(70)72-27-30-8-10-34(73-47-42(65)40(63)41(64)43(74-47)46(68)69)33(23-30)54-37(61)12-16-51-36(60)11-15-52-38(62)22-28(2)45(66)67/h7-10,13,17,23-24,28,40-43,47,63-65H,4-6,11-12,14-16,18-22,25-27H2,1-3H3,(H,51,60)(H,52,62)(H,54,61)(H,66,67)(H,68,69)(H3,50,53,55,56)/t28?,40-,41-,42+,43-,47?/m1/s1. The van der Waals surface area contributed by atoms with Gasteiger partial charge in [-0.1, -0.05) is 44.9 Å².